The first-order valence-electron chi connectivity index (χ1n) is 6.42. The van der Waals surface area contributed by atoms with Crippen LogP contribution in [0.5, 0.6) is 0 Å². The molecule has 2 N–H and O–H groups in total. The van der Waals surface area contributed by atoms with Crippen LogP contribution in [-0.4, -0.2) is 40.4 Å². The Morgan fingerprint density at radius 1 is 1.22 bits per heavy atom. The predicted octanol–water partition coefficient (Wildman–Crippen LogP) is -0.784. The number of sulfonamides is 1. The molecule has 11 heteroatoms. The molecule has 0 saturated carbocycles. The lowest BCUT2D eigenvalue weighted by molar-refractivity contribution is -0.117. The van der Waals surface area contributed by atoms with E-state index in [4.69, 9.17) is 0 Å². The second-order valence-electron chi connectivity index (χ2n) is 4.63. The summed E-state index contributed by atoms with van der Waals surface area (Å²) in [7, 11) is -2.28. The molecule has 0 aliphatic rings. The molecule has 2 amide bonds. The second kappa shape index (κ2) is 6.52. The summed E-state index contributed by atoms with van der Waals surface area (Å²) in [6.07, 6.45) is -0.0184. The first kappa shape index (κ1) is 16.5. The van der Waals surface area contributed by atoms with Crippen molar-refractivity contribution in [2.75, 3.05) is 5.32 Å². The van der Waals surface area contributed by atoms with Gasteiger partial charge >= 0.3 is 0 Å². The number of amides is 2. The van der Waals surface area contributed by atoms with Gasteiger partial charge in [-0.2, -0.15) is 0 Å². The molecular formula is C12H14N6O4S. The number of aromatic nitrogens is 4. The predicted molar refractivity (Wildman–Crippen MR) is 78.6 cm³/mol. The average molecular weight is 338 g/mol. The summed E-state index contributed by atoms with van der Waals surface area (Å²) in [5.41, 5.74) is 0.409. The summed E-state index contributed by atoms with van der Waals surface area (Å²) >= 11 is 0. The van der Waals surface area contributed by atoms with Crippen LogP contribution < -0.4 is 10.0 Å². The van der Waals surface area contributed by atoms with Crippen molar-refractivity contribution in [3.8, 4) is 0 Å². The van der Waals surface area contributed by atoms with Crippen molar-refractivity contribution >= 4 is 27.5 Å². The number of benzene rings is 1. The van der Waals surface area contributed by atoms with E-state index in [1.165, 1.54) is 28.9 Å². The van der Waals surface area contributed by atoms with E-state index in [-0.39, 0.29) is 17.2 Å². The number of nitrogens with zero attached hydrogens (tertiary/aromatic N) is 4. The summed E-state index contributed by atoms with van der Waals surface area (Å²) in [5.74, 6) is -0.632. The van der Waals surface area contributed by atoms with Gasteiger partial charge in [-0.1, -0.05) is 0 Å². The fourth-order valence-electron chi connectivity index (χ4n) is 1.71. The Morgan fingerprint density at radius 2 is 1.87 bits per heavy atom. The average Bonchev–Trinajstić information content (AvgIpc) is 2.83. The second-order valence-corrected chi connectivity index (χ2v) is 6.31. The van der Waals surface area contributed by atoms with Crippen LogP contribution in [-0.2, 0) is 33.1 Å². The number of hydrogen-bond acceptors (Lipinski definition) is 7. The molecule has 0 aliphatic heterocycles. The van der Waals surface area contributed by atoms with E-state index < -0.39 is 15.9 Å². The van der Waals surface area contributed by atoms with Crippen LogP contribution in [0, 0.1) is 0 Å². The minimum absolute atomic E-state index is 0.0184. The lowest BCUT2D eigenvalue weighted by Gasteiger charge is -2.07. The van der Waals surface area contributed by atoms with E-state index in [0.29, 0.717) is 11.5 Å². The highest BCUT2D eigenvalue weighted by atomic mass is 32.2. The van der Waals surface area contributed by atoms with Crippen LogP contribution in [0.3, 0.4) is 0 Å². The van der Waals surface area contributed by atoms with E-state index >= 15 is 0 Å². The molecule has 0 fully saturated rings. The van der Waals surface area contributed by atoms with Gasteiger partial charge in [-0.25, -0.2) is 17.8 Å². The number of hydrogen-bond donors (Lipinski definition) is 2. The van der Waals surface area contributed by atoms with E-state index in [9.17, 15) is 18.0 Å². The third-order valence-electron chi connectivity index (χ3n) is 2.75. The molecular weight excluding hydrogens is 324 g/mol. The Balaban J connectivity index is 2.04. The van der Waals surface area contributed by atoms with E-state index in [0.717, 1.165) is 6.92 Å². The maximum Gasteiger partial charge on any atom is 0.264 e. The Labute approximate surface area is 131 Å². The number of aryl methyl sites for hydroxylation is 1. The number of carbonyl (C=O) groups excluding carboxylic acids is 2. The maximum absolute atomic E-state index is 11.9. The van der Waals surface area contributed by atoms with Gasteiger partial charge in [-0.3, -0.25) is 9.59 Å². The fourth-order valence-corrected chi connectivity index (χ4v) is 2.70. The Bertz CT molecular complexity index is 827. The van der Waals surface area contributed by atoms with Crippen LogP contribution in [0.2, 0.25) is 0 Å². The van der Waals surface area contributed by atoms with Gasteiger partial charge in [0.1, 0.15) is 0 Å². The zero-order valence-electron chi connectivity index (χ0n) is 12.3. The van der Waals surface area contributed by atoms with Crippen molar-refractivity contribution in [2.24, 2.45) is 7.05 Å². The molecule has 0 bridgehead atoms. The number of carbonyl (C=O) groups is 2. The normalized spacial score (nSPS) is 11.0. The summed E-state index contributed by atoms with van der Waals surface area (Å²) < 4.78 is 26.8. The molecule has 0 atom stereocenters. The zero-order chi connectivity index (χ0) is 17.0. The van der Waals surface area contributed by atoms with Gasteiger partial charge in [0.15, 0.2) is 5.82 Å². The molecule has 2 rings (SSSR count). The third-order valence-corrected chi connectivity index (χ3v) is 4.20. The number of nitrogens with one attached hydrogen (secondary N) is 2. The van der Waals surface area contributed by atoms with Crippen molar-refractivity contribution in [3.05, 3.63) is 30.1 Å². The number of tetrazole rings is 1. The van der Waals surface area contributed by atoms with Gasteiger partial charge in [0.25, 0.3) is 10.0 Å². The smallest absolute Gasteiger partial charge is 0.264 e. The Kier molecular flexibility index (Phi) is 4.69. The van der Waals surface area contributed by atoms with Crippen LogP contribution in [0.4, 0.5) is 5.69 Å². The Morgan fingerprint density at radius 3 is 2.39 bits per heavy atom. The maximum atomic E-state index is 11.9. The minimum Gasteiger partial charge on any atom is -0.326 e. The lowest BCUT2D eigenvalue weighted by Crippen LogP contribution is -2.28. The van der Waals surface area contributed by atoms with E-state index in [1.807, 2.05) is 4.72 Å². The first-order valence-corrected chi connectivity index (χ1v) is 7.91. The van der Waals surface area contributed by atoms with Crippen molar-refractivity contribution < 1.29 is 18.0 Å². The van der Waals surface area contributed by atoms with Crippen LogP contribution >= 0.6 is 0 Å². The summed E-state index contributed by atoms with van der Waals surface area (Å²) in [4.78, 5) is 22.6. The summed E-state index contributed by atoms with van der Waals surface area (Å²) in [5, 5.41) is 13.3. The van der Waals surface area contributed by atoms with Crippen LogP contribution in [0.15, 0.2) is 29.2 Å². The van der Waals surface area contributed by atoms with Crippen molar-refractivity contribution in [2.45, 2.75) is 18.2 Å². The molecule has 0 aliphatic carbocycles. The molecule has 1 aromatic heterocycles. The van der Waals surface area contributed by atoms with E-state index in [2.05, 4.69) is 20.8 Å². The molecule has 23 heavy (non-hydrogen) atoms. The minimum atomic E-state index is -3.89. The van der Waals surface area contributed by atoms with Gasteiger partial charge in [-0.15, -0.1) is 5.10 Å². The monoisotopic (exact) mass is 338 g/mol. The highest BCUT2D eigenvalue weighted by molar-refractivity contribution is 7.90. The SMILES string of the molecule is CC(=O)NS(=O)(=O)c1ccc(NC(=O)Cc2nnnn2C)cc1. The fraction of sp³-hybridized carbons (Fsp3) is 0.250. The van der Waals surface area contributed by atoms with Gasteiger partial charge in [0.05, 0.1) is 11.3 Å². The number of rotatable bonds is 5. The molecule has 1 aromatic carbocycles. The molecule has 1 heterocycles. The molecule has 0 radical (unpaired) electrons. The highest BCUT2D eigenvalue weighted by Crippen LogP contribution is 2.14. The quantitative estimate of drug-likeness (QED) is 0.729. The molecule has 0 saturated heterocycles. The summed E-state index contributed by atoms with van der Waals surface area (Å²) in [6, 6.07) is 5.40. The molecule has 0 spiro atoms. The summed E-state index contributed by atoms with van der Waals surface area (Å²) in [6.45, 7) is 1.10. The molecule has 2 aromatic rings. The Hall–Kier alpha value is -2.82. The number of anilines is 1. The van der Waals surface area contributed by atoms with Crippen LogP contribution in [0.1, 0.15) is 12.7 Å². The van der Waals surface area contributed by atoms with Crippen molar-refractivity contribution in [3.63, 3.8) is 0 Å². The van der Waals surface area contributed by atoms with Gasteiger partial charge < -0.3 is 5.32 Å². The van der Waals surface area contributed by atoms with Gasteiger partial charge in [0, 0.05) is 19.7 Å². The largest absolute Gasteiger partial charge is 0.326 e. The third kappa shape index (κ3) is 4.32. The molecule has 10 nitrogen and oxygen atoms in total. The topological polar surface area (TPSA) is 136 Å². The van der Waals surface area contributed by atoms with Gasteiger partial charge in [-0.05, 0) is 34.7 Å². The van der Waals surface area contributed by atoms with Gasteiger partial charge in [0.2, 0.25) is 11.8 Å². The molecule has 0 unspecified atom stereocenters. The lowest BCUT2D eigenvalue weighted by atomic mass is 10.3. The standard InChI is InChI=1S/C12H14N6O4S/c1-8(19)15-23(21,22)10-5-3-9(4-6-10)13-12(20)7-11-14-16-17-18(11)2/h3-6H,7H2,1-2H3,(H,13,20)(H,15,19). The molecule has 122 valence electrons. The van der Waals surface area contributed by atoms with Crippen LogP contribution in [0.25, 0.3) is 0 Å². The van der Waals surface area contributed by atoms with E-state index in [1.54, 1.807) is 7.05 Å². The first-order chi connectivity index (χ1) is 10.8. The van der Waals surface area contributed by atoms with Crippen molar-refractivity contribution in [1.82, 2.24) is 24.9 Å². The highest BCUT2D eigenvalue weighted by Gasteiger charge is 2.15. The zero-order valence-corrected chi connectivity index (χ0v) is 13.2. The van der Waals surface area contributed by atoms with Crippen molar-refractivity contribution in [1.29, 1.82) is 0 Å².